The van der Waals surface area contributed by atoms with Gasteiger partial charge in [0.25, 0.3) is 0 Å². The molecule has 0 aliphatic carbocycles. The molecule has 31 heavy (non-hydrogen) atoms. The van der Waals surface area contributed by atoms with Crippen molar-refractivity contribution < 1.29 is 26.4 Å². The Morgan fingerprint density at radius 1 is 1.06 bits per heavy atom. The van der Waals surface area contributed by atoms with Gasteiger partial charge < -0.3 is 10.1 Å². The highest BCUT2D eigenvalue weighted by atomic mass is 32.2. The Morgan fingerprint density at radius 2 is 1.71 bits per heavy atom. The number of ether oxygens (including phenoxy) is 1. The highest BCUT2D eigenvalue weighted by molar-refractivity contribution is 7.92. The number of carbonyl (C=O) groups excluding carboxylic acids is 1. The van der Waals surface area contributed by atoms with Crippen LogP contribution >= 0.6 is 0 Å². The van der Waals surface area contributed by atoms with E-state index in [1.807, 2.05) is 0 Å². The van der Waals surface area contributed by atoms with E-state index in [0.717, 1.165) is 18.1 Å². The second-order valence-electron chi connectivity index (χ2n) is 7.27. The largest absolute Gasteiger partial charge is 0.497 e. The predicted molar refractivity (Wildman–Crippen MR) is 121 cm³/mol. The fourth-order valence-electron chi connectivity index (χ4n) is 3.04. The molecule has 170 valence electrons. The lowest BCUT2D eigenvalue weighted by molar-refractivity contribution is -0.121. The molecule has 0 aliphatic heterocycles. The Bertz CT molecular complexity index is 1110. The molecule has 2 aromatic rings. The summed E-state index contributed by atoms with van der Waals surface area (Å²) in [6.07, 6.45) is 2.73. The number of sulfonamides is 1. The zero-order valence-electron chi connectivity index (χ0n) is 18.0. The van der Waals surface area contributed by atoms with Crippen LogP contribution in [-0.2, 0) is 24.7 Å². The van der Waals surface area contributed by atoms with Gasteiger partial charge in [-0.3, -0.25) is 9.10 Å². The number of nitrogens with zero attached hydrogens (tertiary/aromatic N) is 1. The molecule has 1 amide bonds. The normalized spacial score (nSPS) is 12.8. The van der Waals surface area contributed by atoms with Crippen LogP contribution in [0, 0.1) is 0 Å². The summed E-state index contributed by atoms with van der Waals surface area (Å²) in [6.45, 7) is 1.95. The van der Waals surface area contributed by atoms with Crippen LogP contribution in [0.5, 0.6) is 5.75 Å². The third kappa shape index (κ3) is 7.25. The molecule has 2 rings (SSSR count). The first-order valence-electron chi connectivity index (χ1n) is 9.63. The van der Waals surface area contributed by atoms with Crippen molar-refractivity contribution in [3.05, 3.63) is 54.1 Å². The molecular formula is C21H28N2O6S2. The smallest absolute Gasteiger partial charge is 0.232 e. The summed E-state index contributed by atoms with van der Waals surface area (Å²) < 4.78 is 53.9. The third-order valence-electron chi connectivity index (χ3n) is 4.69. The molecule has 10 heteroatoms. The number of amides is 1. The molecule has 1 N–H and O–H groups in total. The second-order valence-corrected chi connectivity index (χ2v) is 11.2. The van der Waals surface area contributed by atoms with Gasteiger partial charge in [0.05, 0.1) is 30.0 Å². The van der Waals surface area contributed by atoms with E-state index in [1.54, 1.807) is 43.3 Å². The molecule has 0 radical (unpaired) electrons. The van der Waals surface area contributed by atoms with Crippen LogP contribution in [0.25, 0.3) is 0 Å². The molecule has 0 aliphatic rings. The predicted octanol–water partition coefficient (Wildman–Crippen LogP) is 2.52. The fourth-order valence-corrected chi connectivity index (χ4v) is 4.62. The number of methoxy groups -OCH3 is 1. The minimum atomic E-state index is -3.53. The first-order valence-corrected chi connectivity index (χ1v) is 13.4. The van der Waals surface area contributed by atoms with Crippen LogP contribution in [-0.4, -0.2) is 48.9 Å². The van der Waals surface area contributed by atoms with Crippen molar-refractivity contribution in [2.45, 2.75) is 30.7 Å². The number of nitrogens with one attached hydrogen (secondary N) is 1. The van der Waals surface area contributed by atoms with Gasteiger partial charge in [-0.15, -0.1) is 0 Å². The summed E-state index contributed by atoms with van der Waals surface area (Å²) in [5.74, 6) is 0.318. The van der Waals surface area contributed by atoms with E-state index in [1.165, 1.54) is 23.5 Å². The quantitative estimate of drug-likeness (QED) is 0.574. The van der Waals surface area contributed by atoms with Gasteiger partial charge in [-0.2, -0.15) is 0 Å². The van der Waals surface area contributed by atoms with Crippen molar-refractivity contribution in [2.24, 2.45) is 0 Å². The highest BCUT2D eigenvalue weighted by Gasteiger charge is 2.19. The molecule has 0 bridgehead atoms. The van der Waals surface area contributed by atoms with Crippen LogP contribution < -0.4 is 14.4 Å². The Morgan fingerprint density at radius 3 is 2.26 bits per heavy atom. The number of carbonyl (C=O) groups is 1. The highest BCUT2D eigenvalue weighted by Crippen LogP contribution is 2.23. The van der Waals surface area contributed by atoms with Gasteiger partial charge in [0.2, 0.25) is 15.9 Å². The summed E-state index contributed by atoms with van der Waals surface area (Å²) in [5, 5.41) is 2.85. The van der Waals surface area contributed by atoms with Crippen LogP contribution in [0.2, 0.25) is 0 Å². The van der Waals surface area contributed by atoms with E-state index < -0.39 is 19.9 Å². The maximum Gasteiger partial charge on any atom is 0.232 e. The monoisotopic (exact) mass is 468 g/mol. The maximum atomic E-state index is 12.3. The van der Waals surface area contributed by atoms with Crippen molar-refractivity contribution in [1.82, 2.24) is 5.32 Å². The molecule has 0 heterocycles. The second kappa shape index (κ2) is 10.1. The Hall–Kier alpha value is -2.59. The summed E-state index contributed by atoms with van der Waals surface area (Å²) >= 11 is 0. The molecular weight excluding hydrogens is 440 g/mol. The van der Waals surface area contributed by atoms with Gasteiger partial charge in [0.15, 0.2) is 9.84 Å². The number of hydrogen-bond donors (Lipinski definition) is 1. The number of anilines is 1. The van der Waals surface area contributed by atoms with Gasteiger partial charge in [0, 0.05) is 25.3 Å². The molecule has 0 fully saturated rings. The lowest BCUT2D eigenvalue weighted by Gasteiger charge is -2.23. The zero-order valence-corrected chi connectivity index (χ0v) is 19.7. The first kappa shape index (κ1) is 24.7. The standard InChI is InChI=1S/C21H28N2O6S2/c1-16(17-10-12-20(13-11-17)30(3,25)26)22-21(24)9-6-14-23(31(4,27)28)18-7-5-8-19(15-18)29-2/h5,7-8,10-13,15-16H,6,9,14H2,1-4H3,(H,22,24). The Labute approximate surface area is 184 Å². The van der Waals surface area contributed by atoms with E-state index in [-0.39, 0.29) is 29.8 Å². The van der Waals surface area contributed by atoms with E-state index >= 15 is 0 Å². The average Bonchev–Trinajstić information content (AvgIpc) is 2.69. The Balaban J connectivity index is 1.96. The summed E-state index contributed by atoms with van der Waals surface area (Å²) in [7, 11) is -5.30. The van der Waals surface area contributed by atoms with Gasteiger partial charge in [-0.1, -0.05) is 18.2 Å². The SMILES string of the molecule is COc1cccc(N(CCCC(=O)NC(C)c2ccc(S(C)(=O)=O)cc2)S(C)(=O)=O)c1. The van der Waals surface area contributed by atoms with Crippen LogP contribution in [0.15, 0.2) is 53.4 Å². The van der Waals surface area contributed by atoms with Gasteiger partial charge in [0.1, 0.15) is 5.75 Å². The number of sulfone groups is 1. The molecule has 0 aromatic heterocycles. The van der Waals surface area contributed by atoms with E-state index in [0.29, 0.717) is 17.9 Å². The lowest BCUT2D eigenvalue weighted by Crippen LogP contribution is -2.32. The van der Waals surface area contributed by atoms with Crippen molar-refractivity contribution >= 4 is 31.5 Å². The molecule has 0 saturated heterocycles. The Kier molecular flexibility index (Phi) is 8.08. The molecule has 2 aromatic carbocycles. The van der Waals surface area contributed by atoms with E-state index in [2.05, 4.69) is 5.32 Å². The van der Waals surface area contributed by atoms with Gasteiger partial charge in [-0.05, 0) is 43.2 Å². The number of hydrogen-bond acceptors (Lipinski definition) is 6. The van der Waals surface area contributed by atoms with Gasteiger partial charge >= 0.3 is 0 Å². The van der Waals surface area contributed by atoms with Gasteiger partial charge in [-0.25, -0.2) is 16.8 Å². The van der Waals surface area contributed by atoms with E-state index in [9.17, 15) is 21.6 Å². The summed E-state index contributed by atoms with van der Waals surface area (Å²) in [5.41, 5.74) is 1.25. The molecule has 1 unspecified atom stereocenters. The van der Waals surface area contributed by atoms with Crippen LogP contribution in [0.3, 0.4) is 0 Å². The topological polar surface area (TPSA) is 110 Å². The molecule has 0 spiro atoms. The van der Waals surface area contributed by atoms with Crippen molar-refractivity contribution in [3.63, 3.8) is 0 Å². The minimum absolute atomic E-state index is 0.141. The zero-order chi connectivity index (χ0) is 23.2. The lowest BCUT2D eigenvalue weighted by atomic mass is 10.1. The first-order chi connectivity index (χ1) is 14.4. The summed E-state index contributed by atoms with van der Waals surface area (Å²) in [4.78, 5) is 12.5. The van der Waals surface area contributed by atoms with Crippen molar-refractivity contribution in [2.75, 3.05) is 30.5 Å². The van der Waals surface area contributed by atoms with Crippen LogP contribution in [0.4, 0.5) is 5.69 Å². The number of rotatable bonds is 10. The van der Waals surface area contributed by atoms with Crippen molar-refractivity contribution in [3.8, 4) is 5.75 Å². The average molecular weight is 469 g/mol. The fraction of sp³-hybridized carbons (Fsp3) is 0.381. The molecule has 0 saturated carbocycles. The van der Waals surface area contributed by atoms with E-state index in [4.69, 9.17) is 4.74 Å². The third-order valence-corrected chi connectivity index (χ3v) is 7.01. The van der Waals surface area contributed by atoms with Crippen LogP contribution in [0.1, 0.15) is 31.4 Å². The minimum Gasteiger partial charge on any atom is -0.497 e. The number of benzene rings is 2. The maximum absolute atomic E-state index is 12.3. The summed E-state index contributed by atoms with van der Waals surface area (Å²) in [6, 6.07) is 12.7. The molecule has 1 atom stereocenters. The van der Waals surface area contributed by atoms with Crippen molar-refractivity contribution in [1.29, 1.82) is 0 Å². The molecule has 8 nitrogen and oxygen atoms in total.